The highest BCUT2D eigenvalue weighted by molar-refractivity contribution is 8.27. The van der Waals surface area contributed by atoms with Crippen molar-refractivity contribution in [3.63, 3.8) is 0 Å². The van der Waals surface area contributed by atoms with Crippen LogP contribution >= 0.6 is 47.3 Å². The largest absolute Gasteiger partial charge is 0.337 e. The van der Waals surface area contributed by atoms with Crippen LogP contribution in [0.25, 0.3) is 0 Å². The number of hydrogen-bond donors (Lipinski definition) is 0. The number of thiocarbonyl (C=S) groups is 1. The molecule has 2 aliphatic heterocycles. The third-order valence-electron chi connectivity index (χ3n) is 4.05. The molecule has 2 aromatic carbocycles. The van der Waals surface area contributed by atoms with E-state index in [2.05, 4.69) is 0 Å². The molecule has 2 aliphatic rings. The molecule has 0 bridgehead atoms. The van der Waals surface area contributed by atoms with Gasteiger partial charge in [0.25, 0.3) is 5.91 Å². The third-order valence-corrected chi connectivity index (χ3v) is 7.01. The fourth-order valence-corrected chi connectivity index (χ4v) is 5.50. The van der Waals surface area contributed by atoms with Crippen LogP contribution in [0.3, 0.4) is 0 Å². The van der Waals surface area contributed by atoms with Crippen LogP contribution in [0.1, 0.15) is 5.56 Å². The van der Waals surface area contributed by atoms with E-state index in [0.29, 0.717) is 14.2 Å². The molecule has 0 spiro atoms. The predicted octanol–water partition coefficient (Wildman–Crippen LogP) is 5.42. The topological polar surface area (TPSA) is 23.6 Å². The second kappa shape index (κ2) is 6.36. The van der Waals surface area contributed by atoms with Crippen molar-refractivity contribution >= 4 is 68.9 Å². The lowest BCUT2D eigenvalue weighted by Crippen LogP contribution is -2.28. The average Bonchev–Trinajstić information content (AvgIpc) is 3.06. The van der Waals surface area contributed by atoms with Crippen LogP contribution in [0.4, 0.5) is 11.4 Å². The van der Waals surface area contributed by atoms with Crippen LogP contribution in [-0.2, 0) is 4.79 Å². The minimum Gasteiger partial charge on any atom is -0.337 e. The molecule has 7 heteroatoms. The van der Waals surface area contributed by atoms with Gasteiger partial charge in [0, 0.05) is 17.0 Å². The normalized spacial score (nSPS) is 19.8. The van der Waals surface area contributed by atoms with E-state index >= 15 is 0 Å². The number of rotatable bonds is 1. The predicted molar refractivity (Wildman–Crippen MR) is 112 cm³/mol. The molecule has 0 radical (unpaired) electrons. The second-order valence-corrected chi connectivity index (χ2v) is 8.86. The zero-order valence-electron chi connectivity index (χ0n) is 13.4. The van der Waals surface area contributed by atoms with E-state index in [1.165, 1.54) is 11.8 Å². The van der Waals surface area contributed by atoms with Crippen LogP contribution in [0.2, 0.25) is 5.02 Å². The van der Waals surface area contributed by atoms with Crippen LogP contribution in [0.15, 0.2) is 57.3 Å². The number of amides is 1. The minimum absolute atomic E-state index is 0.0768. The number of nitrogens with zero attached hydrogens (tertiary/aromatic N) is 2. The fraction of sp³-hybridized carbons (Fsp3) is 0.111. The summed E-state index contributed by atoms with van der Waals surface area (Å²) in [5.41, 5.74) is 2.95. The molecule has 1 fully saturated rings. The maximum Gasteiger partial charge on any atom is 0.273 e. The first kappa shape index (κ1) is 17.0. The number of fused-ring (bicyclic) bond motifs is 1. The lowest BCUT2D eigenvalue weighted by Gasteiger charge is -2.16. The summed E-state index contributed by atoms with van der Waals surface area (Å²) in [5.74, 6) is -0.0768. The first-order chi connectivity index (χ1) is 12.0. The van der Waals surface area contributed by atoms with Gasteiger partial charge >= 0.3 is 0 Å². The highest BCUT2D eigenvalue weighted by Crippen LogP contribution is 2.50. The maximum atomic E-state index is 13.0. The van der Waals surface area contributed by atoms with E-state index in [1.54, 1.807) is 16.7 Å². The Morgan fingerprint density at radius 1 is 1.08 bits per heavy atom. The van der Waals surface area contributed by atoms with Crippen molar-refractivity contribution in [1.29, 1.82) is 0 Å². The van der Waals surface area contributed by atoms with Gasteiger partial charge in [-0.1, -0.05) is 65.0 Å². The van der Waals surface area contributed by atoms with E-state index in [4.69, 9.17) is 23.8 Å². The number of aryl methyl sites for hydroxylation is 1. The molecule has 25 heavy (non-hydrogen) atoms. The lowest BCUT2D eigenvalue weighted by molar-refractivity contribution is -0.113. The zero-order valence-corrected chi connectivity index (χ0v) is 16.7. The Labute approximate surface area is 165 Å². The standard InChI is InChI=1S/C18H13ClN2OS3/c1-10-3-6-12(7-4-10)21-16(22)15(25-18(21)23)17-20(2)13-9-11(19)5-8-14(13)24-17/h3-9H,1-2H3/b17-15-. The molecule has 1 amide bonds. The van der Waals surface area contributed by atoms with Gasteiger partial charge in [-0.3, -0.25) is 9.69 Å². The van der Waals surface area contributed by atoms with Gasteiger partial charge in [0.05, 0.1) is 16.4 Å². The Balaban J connectivity index is 1.73. The van der Waals surface area contributed by atoms with E-state index < -0.39 is 0 Å². The molecular formula is C18H13ClN2OS3. The molecule has 126 valence electrons. The number of halogens is 1. The summed E-state index contributed by atoms with van der Waals surface area (Å²) in [6.07, 6.45) is 0. The van der Waals surface area contributed by atoms with E-state index in [-0.39, 0.29) is 5.91 Å². The smallest absolute Gasteiger partial charge is 0.273 e. The first-order valence-electron chi connectivity index (χ1n) is 7.54. The van der Waals surface area contributed by atoms with Gasteiger partial charge in [-0.15, -0.1) is 0 Å². The van der Waals surface area contributed by atoms with Gasteiger partial charge in [0.15, 0.2) is 4.32 Å². The van der Waals surface area contributed by atoms with Crippen molar-refractivity contribution in [1.82, 2.24) is 0 Å². The Morgan fingerprint density at radius 3 is 2.52 bits per heavy atom. The Bertz CT molecular complexity index is 940. The van der Waals surface area contributed by atoms with Crippen molar-refractivity contribution in [3.05, 3.63) is 63.0 Å². The number of benzene rings is 2. The van der Waals surface area contributed by atoms with Gasteiger partial charge in [-0.25, -0.2) is 0 Å². The van der Waals surface area contributed by atoms with E-state index in [1.807, 2.05) is 61.3 Å². The van der Waals surface area contributed by atoms with Crippen LogP contribution in [0.5, 0.6) is 0 Å². The fourth-order valence-electron chi connectivity index (χ4n) is 2.73. The van der Waals surface area contributed by atoms with Gasteiger partial charge in [-0.2, -0.15) is 0 Å². The molecule has 0 saturated carbocycles. The number of carbonyl (C=O) groups excluding carboxylic acids is 1. The van der Waals surface area contributed by atoms with Crippen molar-refractivity contribution in [2.75, 3.05) is 16.8 Å². The highest BCUT2D eigenvalue weighted by Gasteiger charge is 2.39. The average molecular weight is 405 g/mol. The molecule has 0 N–H and O–H groups in total. The third kappa shape index (κ3) is 2.87. The van der Waals surface area contributed by atoms with Crippen LogP contribution < -0.4 is 9.80 Å². The summed E-state index contributed by atoms with van der Waals surface area (Å²) < 4.78 is 0.555. The molecule has 0 aromatic heterocycles. The lowest BCUT2D eigenvalue weighted by atomic mass is 10.2. The highest BCUT2D eigenvalue weighted by atomic mass is 35.5. The molecule has 4 rings (SSSR count). The quantitative estimate of drug-likeness (QED) is 0.466. The number of thioether (sulfide) groups is 2. The number of carbonyl (C=O) groups is 1. The summed E-state index contributed by atoms with van der Waals surface area (Å²) in [7, 11) is 1.95. The number of hydrogen-bond acceptors (Lipinski definition) is 5. The number of anilines is 2. The first-order valence-corrected chi connectivity index (χ1v) is 9.96. The Hall–Kier alpha value is -1.47. The summed E-state index contributed by atoms with van der Waals surface area (Å²) in [5, 5.41) is 1.57. The van der Waals surface area contributed by atoms with Crippen molar-refractivity contribution in [3.8, 4) is 0 Å². The van der Waals surface area contributed by atoms with Crippen molar-refractivity contribution in [2.24, 2.45) is 0 Å². The van der Waals surface area contributed by atoms with Crippen LogP contribution in [0, 0.1) is 6.92 Å². The molecular weight excluding hydrogens is 392 g/mol. The minimum atomic E-state index is -0.0768. The van der Waals surface area contributed by atoms with Gasteiger partial charge in [0.2, 0.25) is 0 Å². The SMILES string of the molecule is Cc1ccc(N2C(=O)/C(=C3/Sc4ccc(Cl)cc4N3C)SC2=S)cc1. The second-order valence-electron chi connectivity index (χ2n) is 5.75. The van der Waals surface area contributed by atoms with Gasteiger partial charge in [-0.05, 0) is 37.3 Å². The van der Waals surface area contributed by atoms with Gasteiger partial charge in [0.1, 0.15) is 4.91 Å². The molecule has 1 saturated heterocycles. The monoisotopic (exact) mass is 404 g/mol. The Kier molecular flexibility index (Phi) is 4.32. The molecule has 2 aromatic rings. The maximum absolute atomic E-state index is 13.0. The summed E-state index contributed by atoms with van der Waals surface area (Å²) in [6, 6.07) is 13.6. The van der Waals surface area contributed by atoms with Crippen molar-refractivity contribution in [2.45, 2.75) is 11.8 Å². The van der Waals surface area contributed by atoms with E-state index in [0.717, 1.165) is 26.9 Å². The molecule has 2 heterocycles. The zero-order chi connectivity index (χ0) is 17.7. The van der Waals surface area contributed by atoms with Crippen LogP contribution in [-0.4, -0.2) is 17.3 Å². The summed E-state index contributed by atoms with van der Waals surface area (Å²) in [4.78, 5) is 18.4. The van der Waals surface area contributed by atoms with Gasteiger partial charge < -0.3 is 4.90 Å². The molecule has 3 nitrogen and oxygen atoms in total. The molecule has 0 atom stereocenters. The molecule has 0 unspecified atom stereocenters. The summed E-state index contributed by atoms with van der Waals surface area (Å²) >= 11 is 14.5. The summed E-state index contributed by atoms with van der Waals surface area (Å²) in [6.45, 7) is 2.02. The molecule has 0 aliphatic carbocycles. The Morgan fingerprint density at radius 2 is 1.80 bits per heavy atom. The van der Waals surface area contributed by atoms with Crippen molar-refractivity contribution < 1.29 is 4.79 Å². The van der Waals surface area contributed by atoms with E-state index in [9.17, 15) is 4.79 Å².